The first kappa shape index (κ1) is 22.1. The summed E-state index contributed by atoms with van der Waals surface area (Å²) in [7, 11) is -1.46. The van der Waals surface area contributed by atoms with Gasteiger partial charge in [0.1, 0.15) is 11.5 Å². The van der Waals surface area contributed by atoms with Gasteiger partial charge in [0.15, 0.2) is 0 Å². The molecule has 2 aromatic carbocycles. The maximum atomic E-state index is 6.05. The van der Waals surface area contributed by atoms with Gasteiger partial charge in [-0.1, -0.05) is 90.0 Å². The normalized spacial score (nSPS) is 15.4. The quantitative estimate of drug-likeness (QED) is 0.290. The fourth-order valence-electron chi connectivity index (χ4n) is 3.65. The fraction of sp³-hybridized carbons (Fsp3) is 0.520. The molecule has 2 aromatic rings. The van der Waals surface area contributed by atoms with E-state index in [-0.39, 0.29) is 5.41 Å². The minimum absolute atomic E-state index is 0.0615. The summed E-state index contributed by atoms with van der Waals surface area (Å²) in [6, 6.07) is 16.6. The first-order valence-electron chi connectivity index (χ1n) is 11.1. The van der Waals surface area contributed by atoms with Crippen molar-refractivity contribution in [2.24, 2.45) is 0 Å². The van der Waals surface area contributed by atoms with E-state index in [0.29, 0.717) is 6.61 Å². The first-order chi connectivity index (χ1) is 14.1. The van der Waals surface area contributed by atoms with Crippen molar-refractivity contribution in [3.05, 3.63) is 59.7 Å². The average Bonchev–Trinajstić information content (AvgIpc) is 2.72. The van der Waals surface area contributed by atoms with Crippen molar-refractivity contribution in [3.8, 4) is 11.5 Å². The highest BCUT2D eigenvalue weighted by Gasteiger charge is 2.25. The van der Waals surface area contributed by atoms with Crippen LogP contribution in [-0.4, -0.2) is 6.61 Å². The molecule has 0 saturated carbocycles. The molecule has 4 heteroatoms. The first-order valence-corrected chi connectivity index (χ1v) is 12.2. The monoisotopic (exact) mass is 414 g/mol. The molecule has 4 bridgehead atoms. The van der Waals surface area contributed by atoms with E-state index in [1.165, 1.54) is 56.1 Å². The van der Waals surface area contributed by atoms with Crippen LogP contribution in [0.5, 0.6) is 11.5 Å². The van der Waals surface area contributed by atoms with E-state index >= 15 is 0 Å². The van der Waals surface area contributed by atoms with E-state index in [1.807, 2.05) is 24.3 Å². The highest BCUT2D eigenvalue weighted by Crippen LogP contribution is 2.44. The number of benzene rings is 2. The molecular weight excluding hydrogens is 379 g/mol. The third-order valence-corrected chi connectivity index (χ3v) is 6.82. The van der Waals surface area contributed by atoms with Gasteiger partial charge in [-0.15, -0.1) is 0 Å². The minimum atomic E-state index is -1.46. The second-order valence-electron chi connectivity index (χ2n) is 8.39. The number of hydrogen-bond acceptors (Lipinski definition) is 3. The number of rotatable bonds is 10. The molecule has 6 rings (SSSR count). The van der Waals surface area contributed by atoms with Gasteiger partial charge in [-0.25, -0.2) is 0 Å². The highest BCUT2D eigenvalue weighted by molar-refractivity contribution is 7.42. The molecule has 0 spiro atoms. The van der Waals surface area contributed by atoms with Crippen LogP contribution in [0.3, 0.4) is 0 Å². The smallest absolute Gasteiger partial charge is 0.418 e. The molecule has 3 nitrogen and oxygen atoms in total. The molecule has 29 heavy (non-hydrogen) atoms. The lowest BCUT2D eigenvalue weighted by atomic mass is 9.78. The summed E-state index contributed by atoms with van der Waals surface area (Å²) in [6.45, 7) is 7.41. The Labute approximate surface area is 177 Å². The predicted molar refractivity (Wildman–Crippen MR) is 122 cm³/mol. The van der Waals surface area contributed by atoms with Gasteiger partial charge in [-0.05, 0) is 41.8 Å². The predicted octanol–water partition coefficient (Wildman–Crippen LogP) is 8.17. The van der Waals surface area contributed by atoms with Crippen LogP contribution in [0.4, 0.5) is 0 Å². The molecule has 0 saturated heterocycles. The zero-order valence-corrected chi connectivity index (χ0v) is 19.0. The van der Waals surface area contributed by atoms with Gasteiger partial charge in [-0.3, -0.25) is 4.52 Å². The molecule has 0 radical (unpaired) electrons. The molecule has 0 fully saturated rings. The maximum Gasteiger partial charge on any atom is 0.463 e. The third kappa shape index (κ3) is 6.46. The van der Waals surface area contributed by atoms with E-state index in [1.54, 1.807) is 0 Å². The summed E-state index contributed by atoms with van der Waals surface area (Å²) in [6.07, 6.45) is 10.3. The molecule has 0 N–H and O–H groups in total. The van der Waals surface area contributed by atoms with Gasteiger partial charge >= 0.3 is 8.60 Å². The zero-order valence-electron chi connectivity index (χ0n) is 18.2. The van der Waals surface area contributed by atoms with Crippen LogP contribution in [0, 0.1) is 0 Å². The summed E-state index contributed by atoms with van der Waals surface area (Å²) in [5.74, 6) is 1.59. The molecule has 4 aliphatic heterocycles. The molecule has 0 amide bonds. The van der Waals surface area contributed by atoms with Gasteiger partial charge in [-0.2, -0.15) is 0 Å². The standard InChI is InChI=1S/C25H35O3P/c1-4-5-6-7-8-9-10-11-20-26-29-27-23-16-12-21(13-17-23)25(2,3)22-14-18-24(28-29)19-15-22/h12-19H,4-11,20H2,1-3H3. The van der Waals surface area contributed by atoms with Gasteiger partial charge in [0.05, 0.1) is 6.61 Å². The van der Waals surface area contributed by atoms with Crippen molar-refractivity contribution in [3.63, 3.8) is 0 Å². The van der Waals surface area contributed by atoms with Crippen LogP contribution in [-0.2, 0) is 9.94 Å². The Balaban J connectivity index is 1.54. The van der Waals surface area contributed by atoms with E-state index < -0.39 is 8.60 Å². The second kappa shape index (κ2) is 11.0. The lowest BCUT2D eigenvalue weighted by Crippen LogP contribution is -2.19. The largest absolute Gasteiger partial charge is 0.463 e. The van der Waals surface area contributed by atoms with Crippen molar-refractivity contribution >= 4 is 8.60 Å². The summed E-state index contributed by atoms with van der Waals surface area (Å²) in [5.41, 5.74) is 2.47. The van der Waals surface area contributed by atoms with Crippen molar-refractivity contribution in [1.82, 2.24) is 0 Å². The molecule has 0 atom stereocenters. The summed E-state index contributed by atoms with van der Waals surface area (Å²) in [4.78, 5) is 0. The van der Waals surface area contributed by atoms with Crippen LogP contribution in [0.2, 0.25) is 0 Å². The van der Waals surface area contributed by atoms with E-state index in [0.717, 1.165) is 17.9 Å². The van der Waals surface area contributed by atoms with Crippen LogP contribution in [0.25, 0.3) is 0 Å². The summed E-state index contributed by atoms with van der Waals surface area (Å²) < 4.78 is 18.1. The van der Waals surface area contributed by atoms with Gasteiger partial charge in [0, 0.05) is 5.41 Å². The molecule has 0 aliphatic carbocycles. The van der Waals surface area contributed by atoms with Crippen molar-refractivity contribution in [2.75, 3.05) is 6.61 Å². The lowest BCUT2D eigenvalue weighted by molar-refractivity contribution is 0.258. The van der Waals surface area contributed by atoms with Crippen molar-refractivity contribution in [1.29, 1.82) is 0 Å². The van der Waals surface area contributed by atoms with E-state index in [9.17, 15) is 0 Å². The van der Waals surface area contributed by atoms with Crippen LogP contribution < -0.4 is 9.05 Å². The van der Waals surface area contributed by atoms with Crippen molar-refractivity contribution < 1.29 is 13.6 Å². The van der Waals surface area contributed by atoms with Gasteiger partial charge in [0.25, 0.3) is 0 Å². The molecule has 158 valence electrons. The Hall–Kier alpha value is -1.57. The molecular formula is C25H35O3P. The molecule has 0 aromatic heterocycles. The molecule has 0 unspecified atom stereocenters. The van der Waals surface area contributed by atoms with Gasteiger partial charge < -0.3 is 9.05 Å². The zero-order chi connectivity index (χ0) is 20.5. The highest BCUT2D eigenvalue weighted by atomic mass is 31.2. The number of unbranched alkanes of at least 4 members (excludes halogenated alkanes) is 7. The summed E-state index contributed by atoms with van der Waals surface area (Å²) in [5, 5.41) is 0. The molecule has 4 heterocycles. The Morgan fingerprint density at radius 3 is 1.62 bits per heavy atom. The Bertz CT molecular complexity index is 673. The maximum absolute atomic E-state index is 6.05. The van der Waals surface area contributed by atoms with Crippen LogP contribution >= 0.6 is 8.60 Å². The number of hydrogen-bond donors (Lipinski definition) is 0. The Morgan fingerprint density at radius 1 is 0.690 bits per heavy atom. The topological polar surface area (TPSA) is 27.7 Å². The second-order valence-corrected chi connectivity index (χ2v) is 9.46. The van der Waals surface area contributed by atoms with Gasteiger partial charge in [0.2, 0.25) is 0 Å². The summed E-state index contributed by atoms with van der Waals surface area (Å²) >= 11 is 0. The molecule has 4 aliphatic rings. The van der Waals surface area contributed by atoms with Crippen molar-refractivity contribution in [2.45, 2.75) is 77.6 Å². The average molecular weight is 415 g/mol. The van der Waals surface area contributed by atoms with E-state index in [2.05, 4.69) is 45.0 Å². The van der Waals surface area contributed by atoms with E-state index in [4.69, 9.17) is 13.6 Å². The fourth-order valence-corrected chi connectivity index (χ4v) is 4.66. The Morgan fingerprint density at radius 2 is 1.14 bits per heavy atom. The minimum Gasteiger partial charge on any atom is -0.418 e. The third-order valence-electron chi connectivity index (χ3n) is 5.71. The van der Waals surface area contributed by atoms with Crippen LogP contribution in [0.1, 0.15) is 83.3 Å². The SMILES string of the molecule is CCCCCCCCCCOP1Oc2ccc(cc2)C(C)(C)c2ccc(cc2)O1. The van der Waals surface area contributed by atoms with Crippen LogP contribution in [0.15, 0.2) is 48.5 Å². The Kier molecular flexibility index (Phi) is 8.39. The lowest BCUT2D eigenvalue weighted by Gasteiger charge is -2.27.